The lowest BCUT2D eigenvalue weighted by Crippen LogP contribution is -2.20. The van der Waals surface area contributed by atoms with E-state index in [2.05, 4.69) is 59.5 Å². The summed E-state index contributed by atoms with van der Waals surface area (Å²) in [5.41, 5.74) is 1.70. The van der Waals surface area contributed by atoms with E-state index >= 15 is 0 Å². The summed E-state index contributed by atoms with van der Waals surface area (Å²) < 4.78 is 15.4. The van der Waals surface area contributed by atoms with E-state index < -0.39 is 0 Å². The van der Waals surface area contributed by atoms with Gasteiger partial charge in [-0.1, -0.05) is 40.7 Å². The fourth-order valence-corrected chi connectivity index (χ4v) is 5.40. The monoisotopic (exact) mass is 655 g/mol. The minimum atomic E-state index is -0.299. The summed E-state index contributed by atoms with van der Waals surface area (Å²) >= 11 is 10.5. The van der Waals surface area contributed by atoms with Gasteiger partial charge in [-0.3, -0.25) is 4.79 Å². The molecule has 0 aliphatic heterocycles. The van der Waals surface area contributed by atoms with Crippen LogP contribution in [-0.4, -0.2) is 22.5 Å². The van der Waals surface area contributed by atoms with E-state index in [0.717, 1.165) is 24.4 Å². The second-order valence-electron chi connectivity index (χ2n) is 7.52. The number of furan rings is 1. The highest BCUT2D eigenvalue weighted by Gasteiger charge is 2.17. The summed E-state index contributed by atoms with van der Waals surface area (Å²) in [5.74, 6) is 1.40. The van der Waals surface area contributed by atoms with Crippen molar-refractivity contribution >= 4 is 75.9 Å². The summed E-state index contributed by atoms with van der Waals surface area (Å²) in [7, 11) is 0. The summed E-state index contributed by atoms with van der Waals surface area (Å²) in [5, 5.41) is 5.86. The van der Waals surface area contributed by atoms with Crippen molar-refractivity contribution in [2.24, 2.45) is 5.10 Å². The number of benzene rings is 3. The van der Waals surface area contributed by atoms with Crippen LogP contribution in [0.1, 0.15) is 5.56 Å². The Hall–Kier alpha value is -3.01. The quantitative estimate of drug-likeness (QED) is 0.140. The molecule has 2 aromatic heterocycles. The van der Waals surface area contributed by atoms with Gasteiger partial charge < -0.3 is 9.15 Å². The maximum Gasteiger partial charge on any atom is 0.282 e. The normalized spacial score (nSPS) is 11.5. The molecule has 35 heavy (non-hydrogen) atoms. The predicted molar refractivity (Wildman–Crippen MR) is 149 cm³/mol. The number of hydrogen-bond acceptors (Lipinski definition) is 5. The van der Waals surface area contributed by atoms with E-state index in [1.807, 2.05) is 42.5 Å². The molecule has 0 aliphatic carbocycles. The minimum absolute atomic E-state index is 0.299. The standard InChI is InChI=1S/C26H16Br3N3O3/c1-2-9-34-24-19(28)10-15(11-20(24)29)14-30-32-25(31-21-6-4-3-5-18(21)26(32)33)23-13-16-12-17(27)7-8-22(16)35-23/h2-8,10-14H,1,9H2. The van der Waals surface area contributed by atoms with E-state index in [4.69, 9.17) is 14.1 Å². The van der Waals surface area contributed by atoms with Crippen LogP contribution < -0.4 is 10.3 Å². The third-order valence-electron chi connectivity index (χ3n) is 5.14. The molecule has 3 aromatic carbocycles. The van der Waals surface area contributed by atoms with Gasteiger partial charge in [0.15, 0.2) is 5.76 Å². The van der Waals surface area contributed by atoms with Crippen LogP contribution in [0.5, 0.6) is 5.75 Å². The molecule has 0 atom stereocenters. The molecular formula is C26H16Br3N3O3. The molecule has 0 amide bonds. The minimum Gasteiger partial charge on any atom is -0.487 e. The lowest BCUT2D eigenvalue weighted by atomic mass is 10.2. The van der Waals surface area contributed by atoms with Crippen LogP contribution in [0.4, 0.5) is 0 Å². The average molecular weight is 658 g/mol. The van der Waals surface area contributed by atoms with Crippen molar-refractivity contribution in [2.45, 2.75) is 0 Å². The van der Waals surface area contributed by atoms with Crippen molar-refractivity contribution < 1.29 is 9.15 Å². The van der Waals surface area contributed by atoms with Gasteiger partial charge in [-0.2, -0.15) is 9.78 Å². The number of aromatic nitrogens is 2. The van der Waals surface area contributed by atoms with E-state index in [0.29, 0.717) is 40.4 Å². The molecule has 5 aromatic rings. The first kappa shape index (κ1) is 23.7. The molecule has 0 N–H and O–H groups in total. The van der Waals surface area contributed by atoms with E-state index in [9.17, 15) is 4.79 Å². The zero-order chi connectivity index (χ0) is 24.5. The molecule has 0 saturated heterocycles. The zero-order valence-electron chi connectivity index (χ0n) is 18.0. The van der Waals surface area contributed by atoms with Crippen LogP contribution >= 0.6 is 47.8 Å². The second kappa shape index (κ2) is 9.93. The molecule has 0 spiro atoms. The summed E-state index contributed by atoms with van der Waals surface area (Å²) in [6.07, 6.45) is 3.26. The molecule has 0 aliphatic rings. The fourth-order valence-electron chi connectivity index (χ4n) is 3.57. The molecule has 6 nitrogen and oxygen atoms in total. The van der Waals surface area contributed by atoms with Gasteiger partial charge in [0.2, 0.25) is 5.82 Å². The maximum atomic E-state index is 13.4. The van der Waals surface area contributed by atoms with Gasteiger partial charge in [0, 0.05) is 9.86 Å². The molecule has 9 heteroatoms. The number of fused-ring (bicyclic) bond motifs is 2. The fraction of sp³-hybridized carbons (Fsp3) is 0.0385. The Bertz CT molecular complexity index is 1670. The van der Waals surface area contributed by atoms with E-state index in [1.165, 1.54) is 4.68 Å². The van der Waals surface area contributed by atoms with E-state index in [-0.39, 0.29) is 5.56 Å². The highest BCUT2D eigenvalue weighted by atomic mass is 79.9. The van der Waals surface area contributed by atoms with Crippen molar-refractivity contribution in [3.8, 4) is 17.3 Å². The Labute approximate surface area is 225 Å². The lowest BCUT2D eigenvalue weighted by molar-refractivity contribution is 0.358. The Morgan fingerprint density at radius 2 is 1.83 bits per heavy atom. The van der Waals surface area contributed by atoms with Gasteiger partial charge in [0.25, 0.3) is 5.56 Å². The first-order valence-electron chi connectivity index (χ1n) is 10.4. The van der Waals surface area contributed by atoms with Crippen LogP contribution in [0.3, 0.4) is 0 Å². The van der Waals surface area contributed by atoms with Crippen molar-refractivity contribution in [3.63, 3.8) is 0 Å². The third kappa shape index (κ3) is 4.76. The number of nitrogens with zero attached hydrogens (tertiary/aromatic N) is 3. The number of para-hydroxylation sites is 1. The molecule has 174 valence electrons. The van der Waals surface area contributed by atoms with Crippen LogP contribution in [0, 0.1) is 0 Å². The Kier molecular flexibility index (Phi) is 6.73. The van der Waals surface area contributed by atoms with Crippen LogP contribution in [0.25, 0.3) is 33.5 Å². The van der Waals surface area contributed by atoms with Gasteiger partial charge >= 0.3 is 0 Å². The number of hydrogen-bond donors (Lipinski definition) is 0. The molecular weight excluding hydrogens is 642 g/mol. The topological polar surface area (TPSA) is 69.6 Å². The highest BCUT2D eigenvalue weighted by molar-refractivity contribution is 9.11. The molecule has 0 saturated carbocycles. The average Bonchev–Trinajstić information content (AvgIpc) is 3.26. The van der Waals surface area contributed by atoms with Crippen LogP contribution in [-0.2, 0) is 0 Å². The van der Waals surface area contributed by atoms with Crippen molar-refractivity contribution in [2.75, 3.05) is 6.61 Å². The second-order valence-corrected chi connectivity index (χ2v) is 10.1. The van der Waals surface area contributed by atoms with Gasteiger partial charge in [0.1, 0.15) is 17.9 Å². The smallest absolute Gasteiger partial charge is 0.282 e. The van der Waals surface area contributed by atoms with Gasteiger partial charge in [-0.05, 0) is 86.0 Å². The van der Waals surface area contributed by atoms with E-state index in [1.54, 1.807) is 30.5 Å². The summed E-state index contributed by atoms with van der Waals surface area (Å²) in [6, 6.07) is 18.4. The molecule has 0 fully saturated rings. The van der Waals surface area contributed by atoms with Crippen molar-refractivity contribution in [3.05, 3.63) is 103 Å². The lowest BCUT2D eigenvalue weighted by Gasteiger charge is -2.10. The highest BCUT2D eigenvalue weighted by Crippen LogP contribution is 2.34. The predicted octanol–water partition coefficient (Wildman–Crippen LogP) is 7.54. The number of rotatable bonds is 6. The van der Waals surface area contributed by atoms with Crippen molar-refractivity contribution in [1.82, 2.24) is 9.66 Å². The third-order valence-corrected chi connectivity index (χ3v) is 6.81. The van der Waals surface area contributed by atoms with Gasteiger partial charge in [-0.25, -0.2) is 4.98 Å². The first-order chi connectivity index (χ1) is 16.9. The molecule has 5 rings (SSSR count). The summed E-state index contributed by atoms with van der Waals surface area (Å²) in [4.78, 5) is 18.1. The Morgan fingerprint density at radius 3 is 2.60 bits per heavy atom. The largest absolute Gasteiger partial charge is 0.487 e. The molecule has 0 unspecified atom stereocenters. The van der Waals surface area contributed by atoms with Crippen LogP contribution in [0.15, 0.2) is 101 Å². The van der Waals surface area contributed by atoms with Gasteiger partial charge in [0.05, 0.1) is 26.1 Å². The Morgan fingerprint density at radius 1 is 1.06 bits per heavy atom. The Balaban J connectivity index is 1.65. The SMILES string of the molecule is C=CCOc1c(Br)cc(C=Nn2c(-c3cc4cc(Br)ccc4o3)nc3ccccc3c2=O)cc1Br. The number of halogens is 3. The van der Waals surface area contributed by atoms with Crippen molar-refractivity contribution in [1.29, 1.82) is 0 Å². The van der Waals surface area contributed by atoms with Crippen LogP contribution in [0.2, 0.25) is 0 Å². The number of ether oxygens (including phenoxy) is 1. The first-order valence-corrected chi connectivity index (χ1v) is 12.8. The maximum absolute atomic E-state index is 13.4. The zero-order valence-corrected chi connectivity index (χ0v) is 22.8. The molecule has 0 radical (unpaired) electrons. The molecule has 0 bridgehead atoms. The molecule has 2 heterocycles. The van der Waals surface area contributed by atoms with Gasteiger partial charge in [-0.15, -0.1) is 0 Å². The summed E-state index contributed by atoms with van der Waals surface area (Å²) in [6.45, 7) is 4.05.